The molecule has 0 aliphatic rings. The van der Waals surface area contributed by atoms with Crippen LogP contribution in [-0.4, -0.2) is 51.0 Å². The maximum Gasteiger partial charge on any atom is 0.490 e. The maximum absolute atomic E-state index is 13.9. The van der Waals surface area contributed by atoms with Crippen LogP contribution in [0.1, 0.15) is 26.5 Å². The van der Waals surface area contributed by atoms with Crippen molar-refractivity contribution in [2.24, 2.45) is 5.73 Å². The Labute approximate surface area is 198 Å². The van der Waals surface area contributed by atoms with Gasteiger partial charge in [-0.15, -0.1) is 11.3 Å². The number of thiophene rings is 1. The number of esters is 1. The van der Waals surface area contributed by atoms with Gasteiger partial charge in [-0.2, -0.15) is 13.2 Å². The van der Waals surface area contributed by atoms with Gasteiger partial charge in [-0.25, -0.2) is 14.0 Å². The lowest BCUT2D eigenvalue weighted by Gasteiger charge is -2.06. The molecular formula is C18H18F4N3O8PS. The van der Waals surface area contributed by atoms with Gasteiger partial charge in [0.15, 0.2) is 11.6 Å². The Hall–Kier alpha value is -3.33. The molecule has 0 aliphatic heterocycles. The number of halogens is 4. The van der Waals surface area contributed by atoms with E-state index in [1.807, 2.05) is 0 Å². The lowest BCUT2D eigenvalue weighted by atomic mass is 10.2. The number of aliphatic carboxylic acids is 1. The molecule has 1 heterocycles. The summed E-state index contributed by atoms with van der Waals surface area (Å²) in [5.74, 6) is -5.52. The van der Waals surface area contributed by atoms with Crippen molar-refractivity contribution in [1.82, 2.24) is 5.32 Å². The Kier molecular flexibility index (Phi) is 10.5. The van der Waals surface area contributed by atoms with Gasteiger partial charge in [-0.3, -0.25) is 14.8 Å². The SMILES string of the molecule is N=C(N)c1ccc(OC(=O)c2ccc(CCC(=O)NCP(=O)(O)O)s2)c(F)c1.O=C(O)C(F)(F)F. The normalized spacial score (nSPS) is 11.1. The summed E-state index contributed by atoms with van der Waals surface area (Å²) in [4.78, 5) is 50.9. The highest BCUT2D eigenvalue weighted by Crippen LogP contribution is 2.32. The predicted molar refractivity (Wildman–Crippen MR) is 114 cm³/mol. The molecule has 1 aromatic carbocycles. The summed E-state index contributed by atoms with van der Waals surface area (Å²) in [6, 6.07) is 6.61. The number of carbonyl (C=O) groups excluding carboxylic acids is 2. The van der Waals surface area contributed by atoms with Gasteiger partial charge in [0.2, 0.25) is 5.91 Å². The van der Waals surface area contributed by atoms with Crippen LogP contribution in [0.3, 0.4) is 0 Å². The number of carboxylic acids is 1. The zero-order valence-corrected chi connectivity index (χ0v) is 19.0. The number of ether oxygens (including phenoxy) is 1. The quantitative estimate of drug-likeness (QED) is 0.0721. The average molecular weight is 543 g/mol. The summed E-state index contributed by atoms with van der Waals surface area (Å²) in [7, 11) is -4.31. The Morgan fingerprint density at radius 3 is 2.26 bits per heavy atom. The molecule has 1 amide bonds. The van der Waals surface area contributed by atoms with E-state index in [1.54, 1.807) is 6.07 Å². The highest BCUT2D eigenvalue weighted by Gasteiger charge is 2.38. The third-order valence-corrected chi connectivity index (χ3v) is 5.33. The van der Waals surface area contributed by atoms with Crippen molar-refractivity contribution in [2.45, 2.75) is 19.0 Å². The van der Waals surface area contributed by atoms with Crippen LogP contribution >= 0.6 is 18.9 Å². The van der Waals surface area contributed by atoms with Gasteiger partial charge in [0, 0.05) is 16.9 Å². The van der Waals surface area contributed by atoms with Gasteiger partial charge < -0.3 is 30.7 Å². The van der Waals surface area contributed by atoms with Crippen molar-refractivity contribution in [2.75, 3.05) is 6.29 Å². The Morgan fingerprint density at radius 1 is 1.17 bits per heavy atom. The molecule has 7 N–H and O–H groups in total. The van der Waals surface area contributed by atoms with E-state index >= 15 is 0 Å². The number of benzene rings is 1. The van der Waals surface area contributed by atoms with Crippen LogP contribution < -0.4 is 15.8 Å². The molecule has 0 aliphatic carbocycles. The second-order valence-electron chi connectivity index (χ2n) is 6.44. The minimum absolute atomic E-state index is 0.0177. The molecule has 35 heavy (non-hydrogen) atoms. The lowest BCUT2D eigenvalue weighted by Crippen LogP contribution is -2.24. The number of nitrogen functional groups attached to an aromatic ring is 1. The molecule has 0 atom stereocenters. The Morgan fingerprint density at radius 2 is 1.77 bits per heavy atom. The van der Waals surface area contributed by atoms with Crippen LogP contribution in [0.2, 0.25) is 0 Å². The second kappa shape index (κ2) is 12.4. The van der Waals surface area contributed by atoms with Gasteiger partial charge in [-0.05, 0) is 36.8 Å². The first-order valence-electron chi connectivity index (χ1n) is 9.06. The number of carboxylic acid groups (broad SMARTS) is 1. The molecule has 2 rings (SSSR count). The van der Waals surface area contributed by atoms with E-state index in [1.165, 1.54) is 18.2 Å². The topological polar surface area (TPSA) is 200 Å². The molecule has 0 fully saturated rings. The molecule has 0 saturated heterocycles. The fourth-order valence-corrected chi connectivity index (χ4v) is 3.31. The van der Waals surface area contributed by atoms with Gasteiger partial charge in [0.1, 0.15) is 17.0 Å². The lowest BCUT2D eigenvalue weighted by molar-refractivity contribution is -0.192. The molecule has 11 nitrogen and oxygen atoms in total. The molecule has 1 aromatic heterocycles. The number of rotatable bonds is 8. The number of amidine groups is 1. The van der Waals surface area contributed by atoms with Gasteiger partial charge in [0.05, 0.1) is 0 Å². The van der Waals surface area contributed by atoms with Crippen molar-refractivity contribution >= 4 is 42.6 Å². The first kappa shape index (κ1) is 29.7. The number of hydrogen-bond donors (Lipinski definition) is 6. The minimum atomic E-state index is -5.08. The van der Waals surface area contributed by atoms with E-state index in [2.05, 4.69) is 5.32 Å². The van der Waals surface area contributed by atoms with Crippen LogP contribution in [0, 0.1) is 11.2 Å². The summed E-state index contributed by atoms with van der Waals surface area (Å²) in [5.41, 5.74) is 5.42. The Balaban J connectivity index is 0.000000762. The summed E-state index contributed by atoms with van der Waals surface area (Å²) in [6.45, 7) is 0. The van der Waals surface area contributed by atoms with Crippen molar-refractivity contribution in [1.29, 1.82) is 5.41 Å². The third kappa shape index (κ3) is 11.1. The molecule has 17 heteroatoms. The van der Waals surface area contributed by atoms with Crippen LogP contribution in [0.25, 0.3) is 0 Å². The van der Waals surface area contributed by atoms with Crippen LogP contribution in [0.15, 0.2) is 30.3 Å². The first-order chi connectivity index (χ1) is 16.0. The fourth-order valence-electron chi connectivity index (χ4n) is 2.04. The van der Waals surface area contributed by atoms with Crippen molar-refractivity contribution in [3.63, 3.8) is 0 Å². The first-order valence-corrected chi connectivity index (χ1v) is 11.7. The van der Waals surface area contributed by atoms with E-state index < -0.39 is 43.7 Å². The molecular weight excluding hydrogens is 525 g/mol. The molecule has 192 valence electrons. The number of nitrogens with one attached hydrogen (secondary N) is 2. The molecule has 0 saturated carbocycles. The molecule has 0 bridgehead atoms. The standard InChI is InChI=1S/C16H17FN3O6PS.C2HF3O2/c17-11-7-9(15(18)19)1-4-12(11)26-16(22)13-5-2-10(28-13)3-6-14(21)20-8-27(23,24)25;3-2(4,5)1(6)7/h1-2,4-5,7H,3,6,8H2,(H3,18,19)(H,20,21)(H2,23,24,25);(H,6,7). The molecule has 0 unspecified atom stereocenters. The van der Waals surface area contributed by atoms with Crippen LogP contribution in [0.5, 0.6) is 5.75 Å². The smallest absolute Gasteiger partial charge is 0.475 e. The number of nitrogens with two attached hydrogens (primary N) is 1. The zero-order chi connectivity index (χ0) is 27.0. The van der Waals surface area contributed by atoms with Crippen molar-refractivity contribution < 1.29 is 56.1 Å². The highest BCUT2D eigenvalue weighted by molar-refractivity contribution is 7.51. The maximum atomic E-state index is 13.9. The van der Waals surface area contributed by atoms with E-state index in [4.69, 9.17) is 35.6 Å². The van der Waals surface area contributed by atoms with Crippen LogP contribution in [0.4, 0.5) is 17.6 Å². The number of aryl methyl sites for hydroxylation is 1. The number of alkyl halides is 3. The molecule has 0 radical (unpaired) electrons. The van der Waals surface area contributed by atoms with Crippen molar-refractivity contribution in [3.05, 3.63) is 51.5 Å². The number of hydrogen-bond acceptors (Lipinski definition) is 7. The third-order valence-electron chi connectivity index (χ3n) is 3.63. The van der Waals surface area contributed by atoms with Crippen LogP contribution in [-0.2, 0) is 20.6 Å². The monoisotopic (exact) mass is 543 g/mol. The van der Waals surface area contributed by atoms with E-state index in [0.29, 0.717) is 4.88 Å². The summed E-state index contributed by atoms with van der Waals surface area (Å²) in [5, 5.41) is 16.5. The summed E-state index contributed by atoms with van der Waals surface area (Å²) in [6.07, 6.45) is -5.58. The van der Waals surface area contributed by atoms with Gasteiger partial charge in [0.25, 0.3) is 0 Å². The number of amides is 1. The molecule has 2 aromatic rings. The second-order valence-corrected chi connectivity index (χ2v) is 9.25. The minimum Gasteiger partial charge on any atom is -0.475 e. The number of carbonyl (C=O) groups is 3. The summed E-state index contributed by atoms with van der Waals surface area (Å²) >= 11 is 1.06. The average Bonchev–Trinajstić information content (AvgIpc) is 3.20. The van der Waals surface area contributed by atoms with E-state index in [-0.39, 0.29) is 34.9 Å². The Bertz CT molecular complexity index is 1150. The largest absolute Gasteiger partial charge is 0.490 e. The zero-order valence-electron chi connectivity index (χ0n) is 17.3. The van der Waals surface area contributed by atoms with Gasteiger partial charge >= 0.3 is 25.7 Å². The van der Waals surface area contributed by atoms with Crippen molar-refractivity contribution in [3.8, 4) is 5.75 Å². The van der Waals surface area contributed by atoms with E-state index in [0.717, 1.165) is 17.4 Å². The fraction of sp³-hybridized carbons (Fsp3) is 0.222. The predicted octanol–water partition coefficient (Wildman–Crippen LogP) is 2.21. The van der Waals surface area contributed by atoms with Gasteiger partial charge in [-0.1, -0.05) is 0 Å². The van der Waals surface area contributed by atoms with E-state index in [9.17, 15) is 31.7 Å². The highest BCUT2D eigenvalue weighted by atomic mass is 32.1. The summed E-state index contributed by atoms with van der Waals surface area (Å²) < 4.78 is 61.4. The molecule has 0 spiro atoms.